The van der Waals surface area contributed by atoms with Gasteiger partial charge in [-0.2, -0.15) is 13.2 Å². The summed E-state index contributed by atoms with van der Waals surface area (Å²) in [5, 5.41) is 3.17. The van der Waals surface area contributed by atoms with Crippen LogP contribution in [0.3, 0.4) is 0 Å². The Morgan fingerprint density at radius 1 is 1.10 bits per heavy atom. The predicted octanol–water partition coefficient (Wildman–Crippen LogP) is 3.53. The van der Waals surface area contributed by atoms with Crippen molar-refractivity contribution >= 4 is 0 Å². The first-order valence-electron chi connectivity index (χ1n) is 6.62. The fourth-order valence-electron chi connectivity index (χ4n) is 1.60. The zero-order chi connectivity index (χ0) is 15.0. The number of hydrogen-bond acceptors (Lipinski definition) is 3. The predicted molar refractivity (Wildman–Crippen MR) is 71.2 cm³/mol. The van der Waals surface area contributed by atoms with E-state index in [0.29, 0.717) is 24.7 Å². The molecule has 20 heavy (non-hydrogen) atoms. The van der Waals surface area contributed by atoms with Crippen LogP contribution in [0.5, 0.6) is 11.5 Å². The Labute approximate surface area is 117 Å². The van der Waals surface area contributed by atoms with Crippen LogP contribution in [0.25, 0.3) is 0 Å². The first-order chi connectivity index (χ1) is 9.46. The molecule has 0 unspecified atom stereocenters. The van der Waals surface area contributed by atoms with Gasteiger partial charge in [-0.05, 0) is 31.2 Å². The maximum absolute atomic E-state index is 12.1. The van der Waals surface area contributed by atoms with Crippen molar-refractivity contribution < 1.29 is 22.6 Å². The molecule has 0 saturated heterocycles. The second kappa shape index (κ2) is 7.99. The van der Waals surface area contributed by atoms with Gasteiger partial charge in [0.15, 0.2) is 11.5 Å². The summed E-state index contributed by atoms with van der Waals surface area (Å²) in [5.41, 5.74) is 0.999. The van der Waals surface area contributed by atoms with E-state index in [1.165, 1.54) is 0 Å². The van der Waals surface area contributed by atoms with E-state index < -0.39 is 19.2 Å². The van der Waals surface area contributed by atoms with Crippen molar-refractivity contribution in [2.75, 3.05) is 19.8 Å². The average Bonchev–Trinajstić information content (AvgIpc) is 2.37. The molecular formula is C14H20F3NO2. The van der Waals surface area contributed by atoms with Crippen LogP contribution in [0.4, 0.5) is 13.2 Å². The van der Waals surface area contributed by atoms with Gasteiger partial charge in [-0.1, -0.05) is 13.0 Å². The van der Waals surface area contributed by atoms with Gasteiger partial charge in [-0.25, -0.2) is 0 Å². The Morgan fingerprint density at radius 3 is 2.45 bits per heavy atom. The zero-order valence-corrected chi connectivity index (χ0v) is 11.7. The molecule has 1 N–H and O–H groups in total. The van der Waals surface area contributed by atoms with E-state index in [1.54, 1.807) is 12.1 Å². The maximum atomic E-state index is 12.1. The molecule has 1 rings (SSSR count). The van der Waals surface area contributed by atoms with Gasteiger partial charge in [0, 0.05) is 6.54 Å². The molecule has 6 heteroatoms. The molecule has 0 saturated carbocycles. The minimum absolute atomic E-state index is 0.344. The van der Waals surface area contributed by atoms with Crippen LogP contribution in [-0.4, -0.2) is 25.9 Å². The van der Waals surface area contributed by atoms with Crippen molar-refractivity contribution in [2.24, 2.45) is 0 Å². The topological polar surface area (TPSA) is 30.5 Å². The molecule has 3 nitrogen and oxygen atoms in total. The Hall–Kier alpha value is -1.43. The lowest BCUT2D eigenvalue weighted by Gasteiger charge is -2.14. The zero-order valence-electron chi connectivity index (χ0n) is 11.7. The lowest BCUT2D eigenvalue weighted by Crippen LogP contribution is -2.14. The Morgan fingerprint density at radius 2 is 1.85 bits per heavy atom. The van der Waals surface area contributed by atoms with E-state index in [4.69, 9.17) is 9.47 Å². The second-order valence-corrected chi connectivity index (χ2v) is 4.21. The molecule has 0 radical (unpaired) electrons. The number of benzene rings is 1. The quantitative estimate of drug-likeness (QED) is 0.795. The Kier molecular flexibility index (Phi) is 6.64. The van der Waals surface area contributed by atoms with Crippen molar-refractivity contribution in [3.05, 3.63) is 23.8 Å². The van der Waals surface area contributed by atoms with Gasteiger partial charge in [0.1, 0.15) is 0 Å². The van der Waals surface area contributed by atoms with Gasteiger partial charge in [-0.15, -0.1) is 0 Å². The van der Waals surface area contributed by atoms with Crippen molar-refractivity contribution in [2.45, 2.75) is 33.0 Å². The highest BCUT2D eigenvalue weighted by Gasteiger charge is 2.27. The molecule has 1 aromatic rings. The molecule has 0 aliphatic carbocycles. The summed E-state index contributed by atoms with van der Waals surface area (Å²) in [7, 11) is 0. The van der Waals surface area contributed by atoms with Crippen molar-refractivity contribution in [1.29, 1.82) is 0 Å². The molecule has 0 aliphatic rings. The number of alkyl halides is 3. The van der Waals surface area contributed by atoms with Crippen molar-refractivity contribution in [1.82, 2.24) is 5.32 Å². The molecule has 1 aromatic carbocycles. The van der Waals surface area contributed by atoms with Gasteiger partial charge in [0.25, 0.3) is 0 Å². The van der Waals surface area contributed by atoms with Crippen LogP contribution < -0.4 is 14.8 Å². The summed E-state index contributed by atoms with van der Waals surface area (Å²) in [5.74, 6) is 0.821. The van der Waals surface area contributed by atoms with Gasteiger partial charge >= 0.3 is 6.18 Å². The van der Waals surface area contributed by atoms with Crippen LogP contribution in [-0.2, 0) is 6.54 Å². The summed E-state index contributed by atoms with van der Waals surface area (Å²) in [6, 6.07) is 5.25. The summed E-state index contributed by atoms with van der Waals surface area (Å²) in [4.78, 5) is 0. The van der Waals surface area contributed by atoms with Crippen molar-refractivity contribution in [3.8, 4) is 11.5 Å². The smallest absolute Gasteiger partial charge is 0.392 e. The standard InChI is InChI=1S/C14H20F3NO2/c1-3-18-10-11-5-6-12(13(9-11)19-4-2)20-8-7-14(15,16)17/h5-6,9,18H,3-4,7-8,10H2,1-2H3. The fraction of sp³-hybridized carbons (Fsp3) is 0.571. The Balaban J connectivity index is 2.68. The van der Waals surface area contributed by atoms with Gasteiger partial charge in [-0.3, -0.25) is 0 Å². The van der Waals surface area contributed by atoms with E-state index in [1.807, 2.05) is 19.9 Å². The van der Waals surface area contributed by atoms with Gasteiger partial charge in [0.2, 0.25) is 0 Å². The van der Waals surface area contributed by atoms with Gasteiger partial charge < -0.3 is 14.8 Å². The third kappa shape index (κ3) is 6.14. The highest BCUT2D eigenvalue weighted by Crippen LogP contribution is 2.29. The lowest BCUT2D eigenvalue weighted by molar-refractivity contribution is -0.139. The monoisotopic (exact) mass is 291 g/mol. The average molecular weight is 291 g/mol. The maximum Gasteiger partial charge on any atom is 0.392 e. The van der Waals surface area contributed by atoms with Crippen LogP contribution >= 0.6 is 0 Å². The highest BCUT2D eigenvalue weighted by molar-refractivity contribution is 5.43. The summed E-state index contributed by atoms with van der Waals surface area (Å²) < 4.78 is 46.8. The molecule has 114 valence electrons. The van der Waals surface area contributed by atoms with Crippen LogP contribution in [0, 0.1) is 0 Å². The third-order valence-corrected chi connectivity index (χ3v) is 2.53. The minimum Gasteiger partial charge on any atom is -0.490 e. The molecule has 0 aliphatic heterocycles. The molecule has 0 heterocycles. The second-order valence-electron chi connectivity index (χ2n) is 4.21. The van der Waals surface area contributed by atoms with E-state index in [0.717, 1.165) is 12.1 Å². The fourth-order valence-corrected chi connectivity index (χ4v) is 1.60. The van der Waals surface area contributed by atoms with Crippen molar-refractivity contribution in [3.63, 3.8) is 0 Å². The number of halogens is 3. The van der Waals surface area contributed by atoms with Crippen LogP contribution in [0.15, 0.2) is 18.2 Å². The molecule has 0 spiro atoms. The first-order valence-corrected chi connectivity index (χ1v) is 6.62. The largest absolute Gasteiger partial charge is 0.490 e. The molecule has 0 amide bonds. The third-order valence-electron chi connectivity index (χ3n) is 2.53. The van der Waals surface area contributed by atoms with Crippen LogP contribution in [0.1, 0.15) is 25.8 Å². The number of rotatable bonds is 8. The minimum atomic E-state index is -4.21. The van der Waals surface area contributed by atoms with E-state index in [9.17, 15) is 13.2 Å². The molecule has 0 atom stereocenters. The molecule has 0 bridgehead atoms. The first kappa shape index (κ1) is 16.6. The molecular weight excluding hydrogens is 271 g/mol. The summed E-state index contributed by atoms with van der Waals surface area (Å²) >= 11 is 0. The SMILES string of the molecule is CCNCc1ccc(OCCC(F)(F)F)c(OCC)c1. The molecule has 0 aromatic heterocycles. The van der Waals surface area contributed by atoms with E-state index >= 15 is 0 Å². The van der Waals surface area contributed by atoms with E-state index in [2.05, 4.69) is 5.32 Å². The Bertz CT molecular complexity index is 408. The van der Waals surface area contributed by atoms with Gasteiger partial charge in [0.05, 0.1) is 19.6 Å². The van der Waals surface area contributed by atoms with Crippen LogP contribution in [0.2, 0.25) is 0 Å². The number of ether oxygens (including phenoxy) is 2. The number of nitrogens with one attached hydrogen (secondary N) is 1. The molecule has 0 fully saturated rings. The highest BCUT2D eigenvalue weighted by atomic mass is 19.4. The summed E-state index contributed by atoms with van der Waals surface area (Å²) in [6.07, 6.45) is -5.19. The van der Waals surface area contributed by atoms with E-state index in [-0.39, 0.29) is 0 Å². The summed E-state index contributed by atoms with van der Waals surface area (Å²) in [6.45, 7) is 5.36. The number of hydrogen-bond donors (Lipinski definition) is 1. The normalized spacial score (nSPS) is 11.4. The lowest BCUT2D eigenvalue weighted by atomic mass is 10.2.